The van der Waals surface area contributed by atoms with E-state index in [1.807, 2.05) is 0 Å². The van der Waals surface area contributed by atoms with Gasteiger partial charge in [-0.05, 0) is 97.5 Å². The van der Waals surface area contributed by atoms with E-state index in [-0.39, 0.29) is 6.71 Å². The Labute approximate surface area is 297 Å². The van der Waals surface area contributed by atoms with Crippen molar-refractivity contribution in [2.24, 2.45) is 0 Å². The number of para-hydroxylation sites is 1. The predicted molar refractivity (Wildman–Crippen MR) is 218 cm³/mol. The van der Waals surface area contributed by atoms with Crippen LogP contribution in [0.2, 0.25) is 0 Å². The number of hydrogen-bond acceptors (Lipinski definition) is 2. The van der Waals surface area contributed by atoms with Gasteiger partial charge in [0.15, 0.2) is 0 Å². The van der Waals surface area contributed by atoms with E-state index in [2.05, 4.69) is 198 Å². The summed E-state index contributed by atoms with van der Waals surface area (Å²) in [5, 5.41) is 7.44. The zero-order chi connectivity index (χ0) is 33.5. The van der Waals surface area contributed by atoms with Gasteiger partial charge in [-0.3, -0.25) is 0 Å². The molecule has 0 amide bonds. The molecule has 9 aromatic carbocycles. The topological polar surface area (TPSA) is 6.48 Å². The maximum atomic E-state index is 2.53. The second-order valence-electron chi connectivity index (χ2n) is 13.7. The van der Waals surface area contributed by atoms with Crippen LogP contribution >= 0.6 is 0 Å². The largest absolute Gasteiger partial charge is 0.311 e. The molecule has 3 heteroatoms. The van der Waals surface area contributed by atoms with E-state index in [0.29, 0.717) is 0 Å². The zero-order valence-corrected chi connectivity index (χ0v) is 27.9. The molecule has 9 aromatic rings. The molecule has 0 atom stereocenters. The lowest BCUT2D eigenvalue weighted by atomic mass is 9.37. The highest BCUT2D eigenvalue weighted by atomic mass is 15.2. The highest BCUT2D eigenvalue weighted by molar-refractivity contribution is 7.01. The van der Waals surface area contributed by atoms with Gasteiger partial charge < -0.3 is 9.80 Å². The van der Waals surface area contributed by atoms with E-state index >= 15 is 0 Å². The van der Waals surface area contributed by atoms with Crippen LogP contribution in [0.3, 0.4) is 0 Å². The summed E-state index contributed by atoms with van der Waals surface area (Å²) in [5.74, 6) is 0. The number of nitrogens with zero attached hydrogens (tertiary/aromatic N) is 2. The van der Waals surface area contributed by atoms with Gasteiger partial charge in [-0.15, -0.1) is 0 Å². The number of anilines is 6. The molecule has 2 heterocycles. The van der Waals surface area contributed by atoms with E-state index in [0.717, 1.165) is 22.7 Å². The van der Waals surface area contributed by atoms with E-state index < -0.39 is 0 Å². The van der Waals surface area contributed by atoms with Crippen LogP contribution in [-0.2, 0) is 0 Å². The average molecular weight is 647 g/mol. The minimum absolute atomic E-state index is 0.138. The molecule has 0 aliphatic carbocycles. The molecule has 0 aromatic heterocycles. The van der Waals surface area contributed by atoms with Crippen molar-refractivity contribution in [3.8, 4) is 11.1 Å². The normalized spacial score (nSPS) is 12.6. The van der Waals surface area contributed by atoms with Gasteiger partial charge in [-0.1, -0.05) is 145 Å². The van der Waals surface area contributed by atoms with Gasteiger partial charge >= 0.3 is 0 Å². The summed E-state index contributed by atoms with van der Waals surface area (Å²) < 4.78 is 0. The third kappa shape index (κ3) is 4.25. The molecule has 0 fully saturated rings. The Morgan fingerprint density at radius 1 is 0.392 bits per heavy atom. The highest BCUT2D eigenvalue weighted by Gasteiger charge is 2.43. The zero-order valence-electron chi connectivity index (χ0n) is 27.9. The number of benzene rings is 9. The van der Waals surface area contributed by atoms with Gasteiger partial charge in [0.05, 0.1) is 5.69 Å². The molecule has 236 valence electrons. The fraction of sp³-hybridized carbons (Fsp3) is 0. The molecule has 0 unspecified atom stereocenters. The molecule has 0 radical (unpaired) electrons. The molecule has 0 saturated heterocycles. The first-order valence-electron chi connectivity index (χ1n) is 17.7. The molecule has 11 rings (SSSR count). The fourth-order valence-corrected chi connectivity index (χ4v) is 8.74. The molecular weight excluding hydrogens is 615 g/mol. The predicted octanol–water partition coefficient (Wildman–Crippen LogP) is 10.9. The minimum atomic E-state index is 0.138. The standard InChI is InChI=1S/C48H31BN2/c1-2-19-37(20-3-1)50(45-24-12-18-33-14-8-9-21-40(33)45)39-30-42-41-22-10-11-23-43(41)49-44-28-35-16-6-7-17-36(35)29-46(44)51(47(31-39)48(42)49)38-26-25-32-13-4-5-15-34(32)27-38/h1-31H. The first-order valence-corrected chi connectivity index (χ1v) is 17.7. The van der Waals surface area contributed by atoms with Gasteiger partial charge in [-0.25, -0.2) is 0 Å². The Balaban J connectivity index is 1.25. The summed E-state index contributed by atoms with van der Waals surface area (Å²) in [4.78, 5) is 4.98. The first kappa shape index (κ1) is 28.3. The van der Waals surface area contributed by atoms with Crippen molar-refractivity contribution in [1.82, 2.24) is 0 Å². The summed E-state index contributed by atoms with van der Waals surface area (Å²) >= 11 is 0. The van der Waals surface area contributed by atoms with Crippen LogP contribution in [0.5, 0.6) is 0 Å². The summed E-state index contributed by atoms with van der Waals surface area (Å²) in [6, 6.07) is 69.4. The molecule has 2 aliphatic heterocycles. The maximum Gasteiger partial charge on any atom is 0.248 e. The van der Waals surface area contributed by atoms with Crippen LogP contribution in [0.4, 0.5) is 34.1 Å². The van der Waals surface area contributed by atoms with Crippen molar-refractivity contribution >= 4 is 89.5 Å². The molecule has 0 bridgehead atoms. The quantitative estimate of drug-likeness (QED) is 0.176. The van der Waals surface area contributed by atoms with E-state index in [1.165, 1.54) is 71.2 Å². The molecular formula is C48H31BN2. The Morgan fingerprint density at radius 3 is 1.90 bits per heavy atom. The SMILES string of the molecule is c1ccc(N(c2cc3c4c(c2)N(c2ccc5ccccc5c2)c2cc5ccccc5cc2B4c2ccccc2-3)c2cccc3ccccc23)cc1. The van der Waals surface area contributed by atoms with E-state index in [1.54, 1.807) is 0 Å². The van der Waals surface area contributed by atoms with E-state index in [4.69, 9.17) is 0 Å². The summed E-state index contributed by atoms with van der Waals surface area (Å²) in [7, 11) is 0. The molecule has 0 N–H and O–H groups in total. The van der Waals surface area contributed by atoms with Crippen LogP contribution in [-0.4, -0.2) is 6.71 Å². The lowest BCUT2D eigenvalue weighted by molar-refractivity contribution is 1.27. The van der Waals surface area contributed by atoms with Crippen LogP contribution < -0.4 is 26.2 Å². The fourth-order valence-electron chi connectivity index (χ4n) is 8.74. The number of rotatable bonds is 4. The summed E-state index contributed by atoms with van der Waals surface area (Å²) in [6.45, 7) is 0.138. The molecule has 2 aliphatic rings. The molecule has 0 spiro atoms. The van der Waals surface area contributed by atoms with Crippen molar-refractivity contribution < 1.29 is 0 Å². The van der Waals surface area contributed by atoms with E-state index in [9.17, 15) is 0 Å². The Hall–Kier alpha value is -6.58. The van der Waals surface area contributed by atoms with Crippen LogP contribution in [0.1, 0.15) is 0 Å². The van der Waals surface area contributed by atoms with Gasteiger partial charge in [0.2, 0.25) is 6.71 Å². The minimum Gasteiger partial charge on any atom is -0.311 e. The first-order chi connectivity index (χ1) is 25.3. The van der Waals surface area contributed by atoms with Crippen molar-refractivity contribution in [2.45, 2.75) is 0 Å². The Bertz CT molecular complexity index is 2840. The smallest absolute Gasteiger partial charge is 0.248 e. The van der Waals surface area contributed by atoms with Gasteiger partial charge in [0.1, 0.15) is 0 Å². The second kappa shape index (κ2) is 11.0. The number of fused-ring (bicyclic) bond motifs is 8. The summed E-state index contributed by atoms with van der Waals surface area (Å²) in [5.41, 5.74) is 13.8. The monoisotopic (exact) mass is 646 g/mol. The third-order valence-corrected chi connectivity index (χ3v) is 11.0. The maximum absolute atomic E-state index is 2.53. The summed E-state index contributed by atoms with van der Waals surface area (Å²) in [6.07, 6.45) is 0. The van der Waals surface area contributed by atoms with Crippen molar-refractivity contribution in [3.63, 3.8) is 0 Å². The van der Waals surface area contributed by atoms with Crippen molar-refractivity contribution in [2.75, 3.05) is 9.80 Å². The molecule has 2 nitrogen and oxygen atoms in total. The third-order valence-electron chi connectivity index (χ3n) is 11.0. The van der Waals surface area contributed by atoms with Gasteiger partial charge in [0, 0.05) is 33.8 Å². The van der Waals surface area contributed by atoms with Crippen molar-refractivity contribution in [3.05, 3.63) is 188 Å². The lowest BCUT2D eigenvalue weighted by Crippen LogP contribution is -2.54. The van der Waals surface area contributed by atoms with Gasteiger partial charge in [-0.2, -0.15) is 0 Å². The molecule has 0 saturated carbocycles. The van der Waals surface area contributed by atoms with Crippen LogP contribution in [0.15, 0.2) is 188 Å². The number of hydrogen-bond donors (Lipinski definition) is 0. The highest BCUT2D eigenvalue weighted by Crippen LogP contribution is 2.47. The lowest BCUT2D eigenvalue weighted by Gasteiger charge is -2.37. The van der Waals surface area contributed by atoms with Crippen LogP contribution in [0.25, 0.3) is 43.4 Å². The Kier molecular flexibility index (Phi) is 6.08. The van der Waals surface area contributed by atoms with Gasteiger partial charge in [0.25, 0.3) is 0 Å². The molecule has 51 heavy (non-hydrogen) atoms. The Morgan fingerprint density at radius 2 is 1.06 bits per heavy atom. The second-order valence-corrected chi connectivity index (χ2v) is 13.7. The van der Waals surface area contributed by atoms with Crippen LogP contribution in [0, 0.1) is 0 Å². The average Bonchev–Trinajstić information content (AvgIpc) is 3.53. The van der Waals surface area contributed by atoms with Crippen molar-refractivity contribution in [1.29, 1.82) is 0 Å².